The normalized spacial score (nSPS) is 12.7. The molecular formula is C12H11ClFNO3. The topological polar surface area (TPSA) is 65.5 Å². The van der Waals surface area contributed by atoms with Crippen molar-refractivity contribution in [3.63, 3.8) is 0 Å². The quantitative estimate of drug-likeness (QED) is 0.853. The summed E-state index contributed by atoms with van der Waals surface area (Å²) >= 11 is 6.05. The molecule has 1 aromatic heterocycles. The standard InChI is InChI=1S/C12H11ClFNO3/c1-5(15)10-9(13)7-3-6(14)4-8(11(7)18-10)12(16)17-2/h3-5H,15H2,1-2H3/t5-/m0/s1. The first-order chi connectivity index (χ1) is 8.45. The summed E-state index contributed by atoms with van der Waals surface area (Å²) in [6.07, 6.45) is 0. The van der Waals surface area contributed by atoms with Crippen molar-refractivity contribution < 1.29 is 18.3 Å². The SMILES string of the molecule is COC(=O)c1cc(F)cc2c(Cl)c([C@H](C)N)oc12. The van der Waals surface area contributed by atoms with E-state index in [4.69, 9.17) is 21.8 Å². The Kier molecular flexibility index (Phi) is 3.28. The van der Waals surface area contributed by atoms with E-state index in [1.165, 1.54) is 13.2 Å². The van der Waals surface area contributed by atoms with Crippen LogP contribution in [0.15, 0.2) is 16.5 Å². The van der Waals surface area contributed by atoms with E-state index in [0.717, 1.165) is 6.07 Å². The lowest BCUT2D eigenvalue weighted by Gasteiger charge is -2.00. The molecular weight excluding hydrogens is 261 g/mol. The van der Waals surface area contributed by atoms with Crippen LogP contribution in [0.25, 0.3) is 11.0 Å². The molecule has 0 saturated carbocycles. The number of halogens is 2. The van der Waals surface area contributed by atoms with E-state index >= 15 is 0 Å². The summed E-state index contributed by atoms with van der Waals surface area (Å²) < 4.78 is 23.5. The highest BCUT2D eigenvalue weighted by Crippen LogP contribution is 2.36. The largest absolute Gasteiger partial charge is 0.465 e. The van der Waals surface area contributed by atoms with Crippen LogP contribution in [0.1, 0.15) is 29.1 Å². The lowest BCUT2D eigenvalue weighted by Crippen LogP contribution is -2.03. The summed E-state index contributed by atoms with van der Waals surface area (Å²) in [7, 11) is 1.20. The zero-order valence-electron chi connectivity index (χ0n) is 9.79. The first-order valence-electron chi connectivity index (χ1n) is 5.21. The fourth-order valence-electron chi connectivity index (χ4n) is 1.71. The molecule has 18 heavy (non-hydrogen) atoms. The van der Waals surface area contributed by atoms with Crippen molar-refractivity contribution in [2.24, 2.45) is 5.73 Å². The Balaban J connectivity index is 2.80. The predicted octanol–water partition coefficient (Wildman–Crippen LogP) is 3.03. The van der Waals surface area contributed by atoms with Crippen molar-refractivity contribution >= 4 is 28.5 Å². The van der Waals surface area contributed by atoms with E-state index in [9.17, 15) is 9.18 Å². The monoisotopic (exact) mass is 271 g/mol. The number of nitrogens with two attached hydrogens (primary N) is 1. The molecule has 1 atom stereocenters. The Bertz CT molecular complexity index is 621. The molecule has 2 N–H and O–H groups in total. The number of ether oxygens (including phenoxy) is 1. The van der Waals surface area contributed by atoms with E-state index in [2.05, 4.69) is 4.74 Å². The van der Waals surface area contributed by atoms with Gasteiger partial charge in [0.1, 0.15) is 17.1 Å². The smallest absolute Gasteiger partial charge is 0.341 e. The number of benzene rings is 1. The molecule has 1 aromatic carbocycles. The lowest BCUT2D eigenvalue weighted by molar-refractivity contribution is 0.0601. The molecule has 0 bridgehead atoms. The van der Waals surface area contributed by atoms with E-state index in [-0.39, 0.29) is 16.2 Å². The van der Waals surface area contributed by atoms with Crippen molar-refractivity contribution in [2.75, 3.05) is 7.11 Å². The van der Waals surface area contributed by atoms with Crippen LogP contribution in [-0.2, 0) is 4.74 Å². The van der Waals surface area contributed by atoms with Crippen LogP contribution in [0.5, 0.6) is 0 Å². The Morgan fingerprint density at radius 2 is 2.22 bits per heavy atom. The summed E-state index contributed by atoms with van der Waals surface area (Å²) in [5.41, 5.74) is 5.86. The van der Waals surface area contributed by atoms with Crippen LogP contribution in [0.2, 0.25) is 5.02 Å². The summed E-state index contributed by atoms with van der Waals surface area (Å²) in [4.78, 5) is 11.5. The predicted molar refractivity (Wildman–Crippen MR) is 65.1 cm³/mol. The Morgan fingerprint density at radius 3 is 2.78 bits per heavy atom. The second-order valence-corrected chi connectivity index (χ2v) is 4.27. The van der Waals surface area contributed by atoms with Crippen LogP contribution in [0.3, 0.4) is 0 Å². The first kappa shape index (κ1) is 12.9. The molecule has 0 unspecified atom stereocenters. The van der Waals surface area contributed by atoms with Crippen molar-refractivity contribution in [3.05, 3.63) is 34.3 Å². The van der Waals surface area contributed by atoms with E-state index in [1.807, 2.05) is 0 Å². The number of fused-ring (bicyclic) bond motifs is 1. The third-order valence-corrected chi connectivity index (χ3v) is 2.93. The third-order valence-electron chi connectivity index (χ3n) is 2.54. The number of carbonyl (C=O) groups excluding carboxylic acids is 1. The van der Waals surface area contributed by atoms with Crippen LogP contribution < -0.4 is 5.73 Å². The third kappa shape index (κ3) is 1.95. The molecule has 0 aliphatic carbocycles. The minimum Gasteiger partial charge on any atom is -0.465 e. The van der Waals surface area contributed by atoms with Crippen LogP contribution in [0, 0.1) is 5.82 Å². The van der Waals surface area contributed by atoms with Gasteiger partial charge < -0.3 is 14.9 Å². The van der Waals surface area contributed by atoms with Gasteiger partial charge in [0.2, 0.25) is 0 Å². The number of rotatable bonds is 2. The average molecular weight is 272 g/mol. The maximum Gasteiger partial charge on any atom is 0.341 e. The Morgan fingerprint density at radius 1 is 1.56 bits per heavy atom. The van der Waals surface area contributed by atoms with Gasteiger partial charge in [0.05, 0.1) is 18.2 Å². The van der Waals surface area contributed by atoms with Gasteiger partial charge in [-0.1, -0.05) is 11.6 Å². The lowest BCUT2D eigenvalue weighted by atomic mass is 10.1. The van der Waals surface area contributed by atoms with Gasteiger partial charge in [-0.3, -0.25) is 0 Å². The highest BCUT2D eigenvalue weighted by Gasteiger charge is 2.22. The van der Waals surface area contributed by atoms with Gasteiger partial charge in [-0.2, -0.15) is 0 Å². The molecule has 6 heteroatoms. The Hall–Kier alpha value is -1.59. The molecule has 0 amide bonds. The minimum atomic E-state index is -0.693. The first-order valence-corrected chi connectivity index (χ1v) is 5.58. The summed E-state index contributed by atoms with van der Waals surface area (Å²) in [6, 6.07) is 1.77. The second kappa shape index (κ2) is 4.59. The maximum absolute atomic E-state index is 13.4. The Labute approximate surface area is 107 Å². The summed E-state index contributed by atoms with van der Waals surface area (Å²) in [6.45, 7) is 1.68. The van der Waals surface area contributed by atoms with Gasteiger partial charge in [0.25, 0.3) is 0 Å². The maximum atomic E-state index is 13.4. The number of methoxy groups -OCH3 is 1. The van der Waals surface area contributed by atoms with Gasteiger partial charge in [-0.25, -0.2) is 9.18 Å². The molecule has 96 valence electrons. The average Bonchev–Trinajstić information content (AvgIpc) is 2.65. The molecule has 2 aromatic rings. The fraction of sp³-hybridized carbons (Fsp3) is 0.250. The minimum absolute atomic E-state index is 0.0127. The fourth-order valence-corrected chi connectivity index (χ4v) is 2.06. The van der Waals surface area contributed by atoms with E-state index < -0.39 is 17.8 Å². The molecule has 0 radical (unpaired) electrons. The summed E-state index contributed by atoms with van der Waals surface area (Å²) in [5, 5.41) is 0.522. The highest BCUT2D eigenvalue weighted by atomic mass is 35.5. The second-order valence-electron chi connectivity index (χ2n) is 3.89. The molecule has 0 fully saturated rings. The molecule has 1 heterocycles. The molecule has 2 rings (SSSR count). The molecule has 0 aliphatic rings. The zero-order valence-corrected chi connectivity index (χ0v) is 10.5. The van der Waals surface area contributed by atoms with Crippen molar-refractivity contribution in [3.8, 4) is 0 Å². The number of hydrogen-bond acceptors (Lipinski definition) is 4. The summed E-state index contributed by atoms with van der Waals surface area (Å²) in [5.74, 6) is -0.981. The van der Waals surface area contributed by atoms with E-state index in [1.54, 1.807) is 6.92 Å². The molecule has 4 nitrogen and oxygen atoms in total. The van der Waals surface area contributed by atoms with E-state index in [0.29, 0.717) is 11.1 Å². The van der Waals surface area contributed by atoms with Gasteiger partial charge in [-0.05, 0) is 19.1 Å². The van der Waals surface area contributed by atoms with Crippen molar-refractivity contribution in [1.82, 2.24) is 0 Å². The van der Waals surface area contributed by atoms with Gasteiger partial charge >= 0.3 is 5.97 Å². The highest BCUT2D eigenvalue weighted by molar-refractivity contribution is 6.36. The van der Waals surface area contributed by atoms with Gasteiger partial charge in [0.15, 0.2) is 5.58 Å². The van der Waals surface area contributed by atoms with Crippen LogP contribution in [-0.4, -0.2) is 13.1 Å². The number of hydrogen-bond donors (Lipinski definition) is 1. The number of carbonyl (C=O) groups is 1. The number of esters is 1. The number of furan rings is 1. The molecule has 0 spiro atoms. The van der Waals surface area contributed by atoms with Crippen LogP contribution >= 0.6 is 11.6 Å². The molecule has 0 saturated heterocycles. The molecule has 0 aliphatic heterocycles. The van der Waals surface area contributed by atoms with Crippen molar-refractivity contribution in [1.29, 1.82) is 0 Å². The van der Waals surface area contributed by atoms with Crippen LogP contribution in [0.4, 0.5) is 4.39 Å². The zero-order chi connectivity index (χ0) is 13.4. The van der Waals surface area contributed by atoms with Gasteiger partial charge in [-0.15, -0.1) is 0 Å². The van der Waals surface area contributed by atoms with Crippen molar-refractivity contribution in [2.45, 2.75) is 13.0 Å². The van der Waals surface area contributed by atoms with Gasteiger partial charge in [0, 0.05) is 5.39 Å².